The molecule has 0 saturated carbocycles. The Morgan fingerprint density at radius 2 is 1.70 bits per heavy atom. The van der Waals surface area contributed by atoms with E-state index in [1.54, 1.807) is 49.4 Å². The smallest absolute Gasteiger partial charge is 0.268 e. The molecule has 0 fully saturated rings. The van der Waals surface area contributed by atoms with Gasteiger partial charge in [0.1, 0.15) is 5.82 Å². The molecule has 5 nitrogen and oxygen atoms in total. The Morgan fingerprint density at radius 3 is 2.45 bits per heavy atom. The van der Waals surface area contributed by atoms with E-state index >= 15 is 0 Å². The minimum Gasteiger partial charge on any atom is -0.383 e. The highest BCUT2D eigenvalue weighted by Crippen LogP contribution is 2.29. The van der Waals surface area contributed by atoms with Crippen LogP contribution in [0.5, 0.6) is 0 Å². The summed E-state index contributed by atoms with van der Waals surface area (Å²) in [5, 5.41) is 3.23. The fraction of sp³-hybridized carbons (Fsp3) is 0.154. The van der Waals surface area contributed by atoms with E-state index in [9.17, 15) is 12.8 Å². The van der Waals surface area contributed by atoms with Crippen molar-refractivity contribution in [2.75, 3.05) is 11.9 Å². The number of aryl methyl sites for hydroxylation is 1. The molecule has 1 atom stereocenters. The van der Waals surface area contributed by atoms with E-state index in [-0.39, 0.29) is 22.2 Å². The van der Waals surface area contributed by atoms with E-state index in [1.807, 2.05) is 30.3 Å². The topological polar surface area (TPSA) is 77.1 Å². The van der Waals surface area contributed by atoms with Crippen molar-refractivity contribution >= 4 is 15.7 Å². The van der Waals surface area contributed by atoms with Gasteiger partial charge in [0.2, 0.25) is 0 Å². The quantitative estimate of drug-likeness (QED) is 0.393. The standard InChI is InChI=1S/C26H26FN3O2S/c1-19-14-26(24-12-5-6-13-25(24)27)30(18-19)33(31,32)23-11-7-10-22(16-23)29-17-21(28)15-20-8-3-2-4-9-20/h2-14,16,18,21,29H,15,17,28H2,1H3/t21-/m0/s1. The highest BCUT2D eigenvalue weighted by Gasteiger charge is 2.23. The van der Waals surface area contributed by atoms with Gasteiger partial charge in [0, 0.05) is 30.0 Å². The second-order valence-corrected chi connectivity index (χ2v) is 9.86. The molecular weight excluding hydrogens is 437 g/mol. The molecule has 3 N–H and O–H groups in total. The highest BCUT2D eigenvalue weighted by atomic mass is 32.2. The molecule has 4 rings (SSSR count). The lowest BCUT2D eigenvalue weighted by molar-refractivity contribution is 0.587. The number of nitrogens with one attached hydrogen (secondary N) is 1. The fourth-order valence-electron chi connectivity index (χ4n) is 3.75. The molecule has 7 heteroatoms. The number of aromatic nitrogens is 1. The van der Waals surface area contributed by atoms with Crippen molar-refractivity contribution in [1.82, 2.24) is 3.97 Å². The molecule has 170 valence electrons. The fourth-order valence-corrected chi connectivity index (χ4v) is 5.22. The van der Waals surface area contributed by atoms with Gasteiger partial charge in [-0.1, -0.05) is 48.5 Å². The molecule has 0 spiro atoms. The van der Waals surface area contributed by atoms with E-state index in [2.05, 4.69) is 5.32 Å². The molecular formula is C26H26FN3O2S. The van der Waals surface area contributed by atoms with Crippen LogP contribution in [0, 0.1) is 12.7 Å². The summed E-state index contributed by atoms with van der Waals surface area (Å²) in [6.07, 6.45) is 2.22. The van der Waals surface area contributed by atoms with Crippen LogP contribution >= 0.6 is 0 Å². The Balaban J connectivity index is 1.57. The van der Waals surface area contributed by atoms with E-state index in [0.717, 1.165) is 15.1 Å². The van der Waals surface area contributed by atoms with E-state index < -0.39 is 15.8 Å². The molecule has 0 saturated heterocycles. The van der Waals surface area contributed by atoms with Crippen molar-refractivity contribution in [1.29, 1.82) is 0 Å². The zero-order valence-corrected chi connectivity index (χ0v) is 19.1. The number of hydrogen-bond donors (Lipinski definition) is 2. The Morgan fingerprint density at radius 1 is 0.970 bits per heavy atom. The van der Waals surface area contributed by atoms with Gasteiger partial charge < -0.3 is 11.1 Å². The number of nitrogens with zero attached hydrogens (tertiary/aromatic N) is 1. The van der Waals surface area contributed by atoms with Crippen molar-refractivity contribution in [3.05, 3.63) is 108 Å². The maximum atomic E-state index is 14.4. The zero-order chi connectivity index (χ0) is 23.4. The lowest BCUT2D eigenvalue weighted by atomic mass is 10.1. The molecule has 4 aromatic rings. The van der Waals surface area contributed by atoms with Gasteiger partial charge in [-0.2, -0.15) is 0 Å². The van der Waals surface area contributed by atoms with E-state index in [1.165, 1.54) is 18.3 Å². The molecule has 0 amide bonds. The van der Waals surface area contributed by atoms with Crippen LogP contribution in [0.15, 0.2) is 96.0 Å². The van der Waals surface area contributed by atoms with Crippen molar-refractivity contribution in [2.24, 2.45) is 5.73 Å². The Hall–Kier alpha value is -3.42. The maximum Gasteiger partial charge on any atom is 0.268 e. The van der Waals surface area contributed by atoms with Crippen LogP contribution < -0.4 is 11.1 Å². The number of benzene rings is 3. The van der Waals surface area contributed by atoms with Crippen LogP contribution in [0.3, 0.4) is 0 Å². The Labute approximate surface area is 193 Å². The number of rotatable bonds is 8. The summed E-state index contributed by atoms with van der Waals surface area (Å²) in [5.74, 6) is -0.477. The third kappa shape index (κ3) is 5.16. The van der Waals surface area contributed by atoms with Crippen molar-refractivity contribution in [3.8, 4) is 11.3 Å². The van der Waals surface area contributed by atoms with Crippen molar-refractivity contribution in [3.63, 3.8) is 0 Å². The van der Waals surface area contributed by atoms with E-state index in [0.29, 0.717) is 18.7 Å². The first-order valence-electron chi connectivity index (χ1n) is 10.7. The van der Waals surface area contributed by atoms with E-state index in [4.69, 9.17) is 5.73 Å². The second kappa shape index (κ2) is 9.60. The molecule has 1 heterocycles. The monoisotopic (exact) mass is 463 g/mol. The molecule has 0 aliphatic rings. The molecule has 0 aliphatic carbocycles. The van der Waals surface area contributed by atoms with Gasteiger partial charge in [0.25, 0.3) is 10.0 Å². The molecule has 1 aromatic heterocycles. The Bertz CT molecular complexity index is 1350. The van der Waals surface area contributed by atoms with Gasteiger partial charge in [0.05, 0.1) is 10.6 Å². The first kappa shape index (κ1) is 22.8. The van der Waals surface area contributed by atoms with Gasteiger partial charge in [-0.15, -0.1) is 0 Å². The van der Waals surface area contributed by atoms with Crippen LogP contribution in [-0.2, 0) is 16.4 Å². The predicted molar refractivity (Wildman–Crippen MR) is 130 cm³/mol. The van der Waals surface area contributed by atoms with Gasteiger partial charge in [0.15, 0.2) is 0 Å². The van der Waals surface area contributed by atoms with Crippen molar-refractivity contribution < 1.29 is 12.8 Å². The van der Waals surface area contributed by atoms with Gasteiger partial charge in [-0.25, -0.2) is 16.8 Å². The first-order valence-corrected chi connectivity index (χ1v) is 12.1. The van der Waals surface area contributed by atoms with Gasteiger partial charge in [-0.3, -0.25) is 0 Å². The van der Waals surface area contributed by atoms with Crippen LogP contribution in [0.4, 0.5) is 10.1 Å². The van der Waals surface area contributed by atoms with Crippen LogP contribution in [0.25, 0.3) is 11.3 Å². The van der Waals surface area contributed by atoms with Gasteiger partial charge >= 0.3 is 0 Å². The average molecular weight is 464 g/mol. The predicted octanol–water partition coefficient (Wildman–Crippen LogP) is 4.82. The number of hydrogen-bond acceptors (Lipinski definition) is 4. The zero-order valence-electron chi connectivity index (χ0n) is 18.3. The lowest BCUT2D eigenvalue weighted by Crippen LogP contribution is -2.31. The van der Waals surface area contributed by atoms with Crippen LogP contribution in [0.2, 0.25) is 0 Å². The minimum absolute atomic E-state index is 0.109. The van der Waals surface area contributed by atoms with Crippen molar-refractivity contribution in [2.45, 2.75) is 24.3 Å². The first-order chi connectivity index (χ1) is 15.8. The summed E-state index contributed by atoms with van der Waals surface area (Å²) in [5.41, 5.74) is 9.28. The van der Waals surface area contributed by atoms with Gasteiger partial charge in [-0.05, 0) is 60.9 Å². The summed E-state index contributed by atoms with van der Waals surface area (Å²) < 4.78 is 42.5. The summed E-state index contributed by atoms with van der Waals surface area (Å²) in [6.45, 7) is 2.27. The lowest BCUT2D eigenvalue weighted by Gasteiger charge is -2.15. The molecule has 0 radical (unpaired) electrons. The number of nitrogens with two attached hydrogens (primary N) is 1. The molecule has 0 unspecified atom stereocenters. The summed E-state index contributed by atoms with van der Waals surface area (Å²) in [4.78, 5) is 0.109. The SMILES string of the molecule is Cc1cc(-c2ccccc2F)n(S(=O)(=O)c2cccc(NC[C@@H](N)Cc3ccccc3)c2)c1. The summed E-state index contributed by atoms with van der Waals surface area (Å²) in [7, 11) is -3.94. The Kier molecular flexibility index (Phi) is 6.62. The molecule has 3 aromatic carbocycles. The normalized spacial score (nSPS) is 12.5. The number of anilines is 1. The summed E-state index contributed by atoms with van der Waals surface area (Å²) in [6, 6.07) is 24.2. The third-order valence-corrected chi connectivity index (χ3v) is 7.04. The molecule has 33 heavy (non-hydrogen) atoms. The maximum absolute atomic E-state index is 14.4. The van der Waals surface area contributed by atoms with Crippen LogP contribution in [-0.4, -0.2) is 25.0 Å². The summed E-state index contributed by atoms with van der Waals surface area (Å²) >= 11 is 0. The average Bonchev–Trinajstić information content (AvgIpc) is 3.21. The largest absolute Gasteiger partial charge is 0.383 e. The minimum atomic E-state index is -3.94. The number of halogens is 1. The molecule has 0 aliphatic heterocycles. The third-order valence-electron chi connectivity index (χ3n) is 5.37. The van der Waals surface area contributed by atoms with Crippen LogP contribution in [0.1, 0.15) is 11.1 Å². The molecule has 0 bridgehead atoms. The second-order valence-electron chi connectivity index (χ2n) is 8.04. The highest BCUT2D eigenvalue weighted by molar-refractivity contribution is 7.90.